The van der Waals surface area contributed by atoms with Crippen molar-refractivity contribution in [2.45, 2.75) is 37.8 Å². The maximum Gasteiger partial charge on any atom is 0.0567 e. The van der Waals surface area contributed by atoms with Crippen LogP contribution in [0.25, 0.3) is 0 Å². The average Bonchev–Trinajstić information content (AvgIpc) is 3.20. The lowest BCUT2D eigenvalue weighted by Gasteiger charge is -2.30. The Hall–Kier alpha value is 0.1000. The van der Waals surface area contributed by atoms with E-state index in [1.165, 1.54) is 41.6 Å². The normalized spacial score (nSPS) is 22.1. The SMILES string of the molecule is NCC(c1cc(Br)cs1)N(CC1CC1)C1CC1. The number of rotatable bonds is 6. The molecular weight excluding hydrogens is 296 g/mol. The molecule has 0 radical (unpaired) electrons. The van der Waals surface area contributed by atoms with Gasteiger partial charge in [0.2, 0.25) is 0 Å². The molecule has 2 aliphatic rings. The monoisotopic (exact) mass is 314 g/mol. The molecule has 0 aliphatic heterocycles. The molecule has 2 saturated carbocycles. The van der Waals surface area contributed by atoms with Gasteiger partial charge in [-0.2, -0.15) is 0 Å². The summed E-state index contributed by atoms with van der Waals surface area (Å²) in [6.07, 6.45) is 5.59. The zero-order chi connectivity index (χ0) is 11.8. The number of hydrogen-bond acceptors (Lipinski definition) is 3. The second kappa shape index (κ2) is 5.00. The number of nitrogens with two attached hydrogens (primary N) is 1. The van der Waals surface area contributed by atoms with Crippen LogP contribution in [-0.2, 0) is 0 Å². The topological polar surface area (TPSA) is 29.3 Å². The van der Waals surface area contributed by atoms with Gasteiger partial charge in [0, 0.05) is 33.9 Å². The van der Waals surface area contributed by atoms with E-state index in [0.717, 1.165) is 18.5 Å². The highest BCUT2D eigenvalue weighted by atomic mass is 79.9. The average molecular weight is 315 g/mol. The zero-order valence-corrected chi connectivity index (χ0v) is 12.3. The highest BCUT2D eigenvalue weighted by Crippen LogP contribution is 2.40. The predicted molar refractivity (Wildman–Crippen MR) is 76.3 cm³/mol. The largest absolute Gasteiger partial charge is 0.329 e. The highest BCUT2D eigenvalue weighted by Gasteiger charge is 2.37. The molecule has 1 aromatic heterocycles. The second-order valence-electron chi connectivity index (χ2n) is 5.29. The maximum atomic E-state index is 6.03. The fourth-order valence-electron chi connectivity index (χ4n) is 2.45. The van der Waals surface area contributed by atoms with Crippen LogP contribution in [0.4, 0.5) is 0 Å². The summed E-state index contributed by atoms with van der Waals surface area (Å²) in [4.78, 5) is 4.10. The molecule has 0 amide bonds. The Kier molecular flexibility index (Phi) is 3.57. The minimum Gasteiger partial charge on any atom is -0.329 e. The Bertz CT molecular complexity index is 385. The molecule has 1 unspecified atom stereocenters. The van der Waals surface area contributed by atoms with Crippen molar-refractivity contribution in [3.8, 4) is 0 Å². The van der Waals surface area contributed by atoms with Gasteiger partial charge < -0.3 is 5.73 Å². The Balaban J connectivity index is 1.75. The first kappa shape index (κ1) is 12.2. The maximum absolute atomic E-state index is 6.03. The molecular formula is C13H19BrN2S. The van der Waals surface area contributed by atoms with Crippen LogP contribution in [0.5, 0.6) is 0 Å². The van der Waals surface area contributed by atoms with Gasteiger partial charge >= 0.3 is 0 Å². The van der Waals surface area contributed by atoms with E-state index in [-0.39, 0.29) is 0 Å². The minimum absolute atomic E-state index is 0.444. The van der Waals surface area contributed by atoms with Crippen LogP contribution in [0.1, 0.15) is 36.6 Å². The fraction of sp³-hybridized carbons (Fsp3) is 0.692. The predicted octanol–water partition coefficient (Wildman–Crippen LogP) is 3.38. The van der Waals surface area contributed by atoms with Crippen molar-refractivity contribution in [1.29, 1.82) is 0 Å². The lowest BCUT2D eigenvalue weighted by atomic mass is 10.2. The Labute approximate surface area is 115 Å². The summed E-state index contributed by atoms with van der Waals surface area (Å²) in [6.45, 7) is 2.01. The number of nitrogens with zero attached hydrogens (tertiary/aromatic N) is 1. The van der Waals surface area contributed by atoms with Gasteiger partial charge in [-0.05, 0) is 53.6 Å². The van der Waals surface area contributed by atoms with Crippen LogP contribution in [0, 0.1) is 5.92 Å². The minimum atomic E-state index is 0.444. The summed E-state index contributed by atoms with van der Waals surface area (Å²) < 4.78 is 1.19. The number of halogens is 1. The van der Waals surface area contributed by atoms with Gasteiger partial charge in [-0.15, -0.1) is 11.3 Å². The van der Waals surface area contributed by atoms with Gasteiger partial charge in [0.1, 0.15) is 0 Å². The van der Waals surface area contributed by atoms with E-state index in [4.69, 9.17) is 5.73 Å². The Morgan fingerprint density at radius 2 is 2.18 bits per heavy atom. The summed E-state index contributed by atoms with van der Waals surface area (Å²) in [5, 5.41) is 2.17. The van der Waals surface area contributed by atoms with Gasteiger partial charge in [0.05, 0.1) is 6.04 Å². The van der Waals surface area contributed by atoms with Crippen LogP contribution >= 0.6 is 27.3 Å². The Morgan fingerprint density at radius 3 is 2.65 bits per heavy atom. The highest BCUT2D eigenvalue weighted by molar-refractivity contribution is 9.10. The van der Waals surface area contributed by atoms with Crippen LogP contribution in [0.2, 0.25) is 0 Å². The van der Waals surface area contributed by atoms with Gasteiger partial charge in [-0.1, -0.05) is 0 Å². The molecule has 1 atom stereocenters. The summed E-state index contributed by atoms with van der Waals surface area (Å²) >= 11 is 5.38. The third-order valence-corrected chi connectivity index (χ3v) is 5.52. The molecule has 0 aromatic carbocycles. The fourth-order valence-corrected chi connectivity index (χ4v) is 4.03. The first-order chi connectivity index (χ1) is 8.28. The van der Waals surface area contributed by atoms with Crippen molar-refractivity contribution in [3.63, 3.8) is 0 Å². The smallest absolute Gasteiger partial charge is 0.0567 e. The molecule has 1 heterocycles. The van der Waals surface area contributed by atoms with Gasteiger partial charge in [-0.25, -0.2) is 0 Å². The van der Waals surface area contributed by atoms with E-state index in [1.54, 1.807) is 0 Å². The summed E-state index contributed by atoms with van der Waals surface area (Å²) in [7, 11) is 0. The second-order valence-corrected chi connectivity index (χ2v) is 7.15. The van der Waals surface area contributed by atoms with E-state index < -0.39 is 0 Å². The van der Waals surface area contributed by atoms with Gasteiger partial charge in [0.15, 0.2) is 0 Å². The molecule has 3 rings (SSSR count). The van der Waals surface area contributed by atoms with Crippen molar-refractivity contribution >= 4 is 27.3 Å². The third-order valence-electron chi connectivity index (χ3n) is 3.72. The molecule has 1 aromatic rings. The Morgan fingerprint density at radius 1 is 1.41 bits per heavy atom. The molecule has 0 bridgehead atoms. The number of hydrogen-bond donors (Lipinski definition) is 1. The lowest BCUT2D eigenvalue weighted by molar-refractivity contribution is 0.185. The van der Waals surface area contributed by atoms with E-state index in [1.807, 2.05) is 11.3 Å². The summed E-state index contributed by atoms with van der Waals surface area (Å²) in [6, 6.07) is 3.49. The molecule has 2 aliphatic carbocycles. The van der Waals surface area contributed by atoms with Crippen molar-refractivity contribution in [1.82, 2.24) is 4.90 Å². The molecule has 4 heteroatoms. The summed E-state index contributed by atoms with van der Waals surface area (Å²) in [5.74, 6) is 0.952. The van der Waals surface area contributed by atoms with Gasteiger partial charge in [0.25, 0.3) is 0 Å². The first-order valence-corrected chi connectivity index (χ1v) is 8.15. The summed E-state index contributed by atoms with van der Waals surface area (Å²) in [5.41, 5.74) is 6.03. The lowest BCUT2D eigenvalue weighted by Crippen LogP contribution is -2.36. The molecule has 94 valence electrons. The molecule has 2 fully saturated rings. The molecule has 17 heavy (non-hydrogen) atoms. The van der Waals surface area contributed by atoms with Crippen LogP contribution in [0.3, 0.4) is 0 Å². The third kappa shape index (κ3) is 2.92. The van der Waals surface area contributed by atoms with E-state index in [2.05, 4.69) is 32.3 Å². The zero-order valence-electron chi connectivity index (χ0n) is 9.94. The molecule has 0 saturated heterocycles. The van der Waals surface area contributed by atoms with Crippen molar-refractivity contribution < 1.29 is 0 Å². The molecule has 2 nitrogen and oxygen atoms in total. The van der Waals surface area contributed by atoms with Crippen LogP contribution in [-0.4, -0.2) is 24.0 Å². The van der Waals surface area contributed by atoms with Gasteiger partial charge in [-0.3, -0.25) is 4.90 Å². The molecule has 2 N–H and O–H groups in total. The number of thiophene rings is 1. The van der Waals surface area contributed by atoms with Crippen molar-refractivity contribution in [2.75, 3.05) is 13.1 Å². The first-order valence-electron chi connectivity index (χ1n) is 6.47. The van der Waals surface area contributed by atoms with E-state index in [9.17, 15) is 0 Å². The van der Waals surface area contributed by atoms with Crippen LogP contribution in [0.15, 0.2) is 15.9 Å². The van der Waals surface area contributed by atoms with Crippen molar-refractivity contribution in [2.24, 2.45) is 11.7 Å². The quantitative estimate of drug-likeness (QED) is 0.872. The van der Waals surface area contributed by atoms with Crippen molar-refractivity contribution in [3.05, 3.63) is 20.8 Å². The van der Waals surface area contributed by atoms with E-state index >= 15 is 0 Å². The van der Waals surface area contributed by atoms with Crippen LogP contribution < -0.4 is 5.73 Å². The standard InChI is InChI=1S/C13H19BrN2S/c14-10-5-13(17-8-10)12(6-15)16(11-3-4-11)7-9-1-2-9/h5,8-9,11-12H,1-4,6-7,15H2. The molecule has 0 spiro atoms. The van der Waals surface area contributed by atoms with E-state index in [0.29, 0.717) is 6.04 Å².